The number of ether oxygens (including phenoxy) is 3. The van der Waals surface area contributed by atoms with Crippen molar-refractivity contribution in [2.75, 3.05) is 86.5 Å². The van der Waals surface area contributed by atoms with Gasteiger partial charge >= 0.3 is 0 Å². The third-order valence-corrected chi connectivity index (χ3v) is 4.23. The van der Waals surface area contributed by atoms with Gasteiger partial charge in [0, 0.05) is 72.9 Å². The fourth-order valence-electron chi connectivity index (χ4n) is 2.50. The molecule has 1 saturated heterocycles. The van der Waals surface area contributed by atoms with E-state index in [1.807, 2.05) is 11.8 Å². The summed E-state index contributed by atoms with van der Waals surface area (Å²) in [6, 6.07) is 0. The maximum atomic E-state index is 11.9. The van der Waals surface area contributed by atoms with Crippen LogP contribution in [0, 0.1) is 0 Å². The first-order valence-electron chi connectivity index (χ1n) is 10.1. The standard InChI is InChI=1S/C13H25N3O3.C6H13NO3/c1-3-19-11-10-15-6-8-16(9-7-15)13(18)5-4-12(17)14-2;1-9-4-5-10-3-2-7-6-8/h3-11H2,1-2H3,(H,14,17);6H,2-5H2,1H3,(H,7,8). The number of rotatable bonds is 14. The zero-order valence-corrected chi connectivity index (χ0v) is 18.1. The molecular formula is C19H38N4O6. The molecular weight excluding hydrogens is 380 g/mol. The van der Waals surface area contributed by atoms with Crippen molar-refractivity contribution in [1.29, 1.82) is 0 Å². The van der Waals surface area contributed by atoms with Gasteiger partial charge in [-0.3, -0.25) is 19.3 Å². The van der Waals surface area contributed by atoms with Crippen LogP contribution in [0.1, 0.15) is 19.8 Å². The zero-order valence-electron chi connectivity index (χ0n) is 18.1. The van der Waals surface area contributed by atoms with E-state index < -0.39 is 0 Å². The Morgan fingerprint density at radius 3 is 2.31 bits per heavy atom. The Balaban J connectivity index is 0.000000665. The van der Waals surface area contributed by atoms with E-state index in [1.165, 1.54) is 0 Å². The van der Waals surface area contributed by atoms with Crippen molar-refractivity contribution < 1.29 is 28.6 Å². The molecule has 1 rings (SSSR count). The van der Waals surface area contributed by atoms with Crippen molar-refractivity contribution in [2.45, 2.75) is 19.8 Å². The molecule has 0 saturated carbocycles. The lowest BCUT2D eigenvalue weighted by molar-refractivity contribution is -0.135. The highest BCUT2D eigenvalue weighted by Gasteiger charge is 2.20. The second kappa shape index (κ2) is 19.6. The van der Waals surface area contributed by atoms with Crippen LogP contribution in [0.5, 0.6) is 0 Å². The van der Waals surface area contributed by atoms with Gasteiger partial charge < -0.3 is 29.7 Å². The van der Waals surface area contributed by atoms with Gasteiger partial charge in [-0.05, 0) is 6.92 Å². The lowest BCUT2D eigenvalue weighted by Gasteiger charge is -2.34. The van der Waals surface area contributed by atoms with Gasteiger partial charge in [-0.15, -0.1) is 0 Å². The molecule has 0 atom stereocenters. The van der Waals surface area contributed by atoms with E-state index >= 15 is 0 Å². The molecule has 10 nitrogen and oxygen atoms in total. The molecule has 0 aromatic carbocycles. The lowest BCUT2D eigenvalue weighted by atomic mass is 10.2. The SMILES string of the molecule is CCOCCN1CCN(C(=O)CCC(=O)NC)CC1.COCCOCCNC=O. The van der Waals surface area contributed by atoms with Crippen molar-refractivity contribution in [3.63, 3.8) is 0 Å². The number of hydrogen-bond acceptors (Lipinski definition) is 7. The summed E-state index contributed by atoms with van der Waals surface area (Å²) in [6.07, 6.45) is 1.23. The Kier molecular flexibility index (Phi) is 18.4. The molecule has 1 aliphatic heterocycles. The highest BCUT2D eigenvalue weighted by molar-refractivity contribution is 5.83. The third kappa shape index (κ3) is 15.8. The topological polar surface area (TPSA) is 109 Å². The smallest absolute Gasteiger partial charge is 0.223 e. The van der Waals surface area contributed by atoms with Crippen LogP contribution in [0.2, 0.25) is 0 Å². The van der Waals surface area contributed by atoms with E-state index in [1.54, 1.807) is 14.2 Å². The van der Waals surface area contributed by atoms with Gasteiger partial charge in [-0.2, -0.15) is 0 Å². The Bertz CT molecular complexity index is 431. The van der Waals surface area contributed by atoms with Crippen LogP contribution >= 0.6 is 0 Å². The molecule has 0 aromatic rings. The summed E-state index contributed by atoms with van der Waals surface area (Å²) in [5.74, 6) is -0.00300. The average Bonchev–Trinajstić information content (AvgIpc) is 2.75. The zero-order chi connectivity index (χ0) is 21.7. The van der Waals surface area contributed by atoms with Gasteiger partial charge in [0.1, 0.15) is 0 Å². The van der Waals surface area contributed by atoms with E-state index in [-0.39, 0.29) is 18.2 Å². The van der Waals surface area contributed by atoms with E-state index in [0.717, 1.165) is 45.9 Å². The molecule has 29 heavy (non-hydrogen) atoms. The molecule has 0 aliphatic carbocycles. The van der Waals surface area contributed by atoms with Crippen LogP contribution in [0.4, 0.5) is 0 Å². The molecule has 10 heteroatoms. The first kappa shape index (κ1) is 27.2. The number of methoxy groups -OCH3 is 1. The van der Waals surface area contributed by atoms with Gasteiger partial charge in [0.2, 0.25) is 18.2 Å². The molecule has 2 N–H and O–H groups in total. The Hall–Kier alpha value is -1.75. The van der Waals surface area contributed by atoms with Crippen LogP contribution < -0.4 is 10.6 Å². The second-order valence-electron chi connectivity index (χ2n) is 6.27. The number of amides is 3. The first-order valence-corrected chi connectivity index (χ1v) is 10.1. The highest BCUT2D eigenvalue weighted by atomic mass is 16.5. The summed E-state index contributed by atoms with van der Waals surface area (Å²) in [7, 11) is 3.21. The molecule has 0 radical (unpaired) electrons. The number of carbonyl (C=O) groups is 3. The van der Waals surface area contributed by atoms with Gasteiger partial charge in [0.25, 0.3) is 0 Å². The molecule has 1 heterocycles. The fraction of sp³-hybridized carbons (Fsp3) is 0.842. The Morgan fingerprint density at radius 2 is 1.72 bits per heavy atom. The highest BCUT2D eigenvalue weighted by Crippen LogP contribution is 2.05. The van der Waals surface area contributed by atoms with Crippen molar-refractivity contribution in [3.8, 4) is 0 Å². The Labute approximate surface area is 174 Å². The minimum atomic E-state index is -0.0799. The summed E-state index contributed by atoms with van der Waals surface area (Å²) < 4.78 is 15.1. The summed E-state index contributed by atoms with van der Waals surface area (Å²) in [4.78, 5) is 36.8. The van der Waals surface area contributed by atoms with Crippen molar-refractivity contribution in [1.82, 2.24) is 20.4 Å². The minimum Gasteiger partial charge on any atom is -0.382 e. The minimum absolute atomic E-state index is 0.0769. The van der Waals surface area contributed by atoms with Gasteiger partial charge in [-0.1, -0.05) is 0 Å². The lowest BCUT2D eigenvalue weighted by Crippen LogP contribution is -2.49. The van der Waals surface area contributed by atoms with Gasteiger partial charge in [0.05, 0.1) is 26.4 Å². The van der Waals surface area contributed by atoms with Crippen LogP contribution in [0.25, 0.3) is 0 Å². The van der Waals surface area contributed by atoms with E-state index in [9.17, 15) is 14.4 Å². The van der Waals surface area contributed by atoms with Crippen LogP contribution in [0.15, 0.2) is 0 Å². The van der Waals surface area contributed by atoms with Gasteiger partial charge in [0.15, 0.2) is 0 Å². The second-order valence-corrected chi connectivity index (χ2v) is 6.27. The van der Waals surface area contributed by atoms with Crippen LogP contribution in [-0.4, -0.2) is 114 Å². The third-order valence-electron chi connectivity index (χ3n) is 4.23. The predicted molar refractivity (Wildman–Crippen MR) is 110 cm³/mol. The molecule has 0 unspecified atom stereocenters. The number of nitrogens with zero attached hydrogens (tertiary/aromatic N) is 2. The molecule has 1 fully saturated rings. The Morgan fingerprint density at radius 1 is 1.00 bits per heavy atom. The summed E-state index contributed by atoms with van der Waals surface area (Å²) in [5, 5.41) is 5.01. The van der Waals surface area contributed by atoms with E-state index in [4.69, 9.17) is 14.2 Å². The van der Waals surface area contributed by atoms with E-state index in [2.05, 4.69) is 15.5 Å². The number of carbonyl (C=O) groups excluding carboxylic acids is 3. The van der Waals surface area contributed by atoms with E-state index in [0.29, 0.717) is 39.2 Å². The van der Waals surface area contributed by atoms with Crippen molar-refractivity contribution in [2.24, 2.45) is 0 Å². The van der Waals surface area contributed by atoms with Crippen LogP contribution in [-0.2, 0) is 28.6 Å². The van der Waals surface area contributed by atoms with Crippen molar-refractivity contribution >= 4 is 18.2 Å². The molecule has 3 amide bonds. The normalized spacial score (nSPS) is 14.0. The number of hydrogen-bond donors (Lipinski definition) is 2. The average molecular weight is 419 g/mol. The molecule has 1 aliphatic rings. The maximum Gasteiger partial charge on any atom is 0.223 e. The molecule has 0 spiro atoms. The predicted octanol–water partition coefficient (Wildman–Crippen LogP) is -0.911. The quantitative estimate of drug-likeness (QED) is 0.278. The summed E-state index contributed by atoms with van der Waals surface area (Å²) in [5.41, 5.74) is 0. The fourth-order valence-corrected chi connectivity index (χ4v) is 2.50. The van der Waals surface area contributed by atoms with Crippen LogP contribution in [0.3, 0.4) is 0 Å². The largest absolute Gasteiger partial charge is 0.382 e. The number of piperazine rings is 1. The summed E-state index contributed by atoms with van der Waals surface area (Å²) in [6.45, 7) is 9.97. The molecule has 0 aromatic heterocycles. The molecule has 0 bridgehead atoms. The van der Waals surface area contributed by atoms with Crippen molar-refractivity contribution in [3.05, 3.63) is 0 Å². The van der Waals surface area contributed by atoms with Gasteiger partial charge in [-0.25, -0.2) is 0 Å². The maximum absolute atomic E-state index is 11.9. The monoisotopic (exact) mass is 418 g/mol. The molecule has 170 valence electrons. The number of nitrogens with one attached hydrogen (secondary N) is 2. The first-order chi connectivity index (χ1) is 14.1. The summed E-state index contributed by atoms with van der Waals surface area (Å²) >= 11 is 0.